The van der Waals surface area contributed by atoms with Crippen LogP contribution in [-0.2, 0) is 4.79 Å². The Hall–Kier alpha value is -0.830. The van der Waals surface area contributed by atoms with Crippen molar-refractivity contribution in [3.05, 3.63) is 11.6 Å². The molecule has 0 aromatic rings. The Bertz CT molecular complexity index is 874. The van der Waals surface area contributed by atoms with E-state index >= 15 is 0 Å². The fraction of sp³-hybridized carbons (Fsp3) is 0.900. The van der Waals surface area contributed by atoms with Gasteiger partial charge in [-0.1, -0.05) is 60.1 Å². The number of hydrogen-bond acceptors (Lipinski definition) is 2. The molecule has 5 aliphatic rings. The molecule has 33 heavy (non-hydrogen) atoms. The second-order valence-corrected chi connectivity index (χ2v) is 14.5. The number of aliphatic carboxylic acids is 1. The van der Waals surface area contributed by atoms with E-state index in [4.69, 9.17) is 0 Å². The lowest BCUT2D eigenvalue weighted by molar-refractivity contribution is -0.206. The molecule has 186 valence electrons. The summed E-state index contributed by atoms with van der Waals surface area (Å²) < 4.78 is 0. The number of allylic oxidation sites excluding steroid dienone is 2. The third-order valence-electron chi connectivity index (χ3n) is 13.4. The van der Waals surface area contributed by atoms with E-state index in [1.165, 1.54) is 18.4 Å². The number of aliphatic hydroxyl groups is 1. The molecule has 4 fully saturated rings. The summed E-state index contributed by atoms with van der Waals surface area (Å²) in [4.78, 5) is 12.8. The van der Waals surface area contributed by atoms with Gasteiger partial charge in [-0.05, 0) is 109 Å². The van der Waals surface area contributed by atoms with Crippen molar-refractivity contribution in [3.63, 3.8) is 0 Å². The zero-order valence-electron chi connectivity index (χ0n) is 22.2. The molecule has 0 spiro atoms. The van der Waals surface area contributed by atoms with Crippen molar-refractivity contribution in [1.29, 1.82) is 0 Å². The number of carbonyl (C=O) groups is 1. The molecule has 0 heterocycles. The molecule has 4 saturated carbocycles. The van der Waals surface area contributed by atoms with Gasteiger partial charge in [0, 0.05) is 0 Å². The number of fused-ring (bicyclic) bond motifs is 7. The molecule has 5 rings (SSSR count). The minimum absolute atomic E-state index is 0.0302. The van der Waals surface area contributed by atoms with E-state index in [2.05, 4.69) is 54.5 Å². The molecular weight excluding hydrogens is 408 g/mol. The summed E-state index contributed by atoms with van der Waals surface area (Å²) >= 11 is 0. The van der Waals surface area contributed by atoms with Crippen molar-refractivity contribution in [1.82, 2.24) is 0 Å². The summed E-state index contributed by atoms with van der Waals surface area (Å²) in [6, 6.07) is 0. The van der Waals surface area contributed by atoms with Gasteiger partial charge in [0.1, 0.15) is 0 Å². The first-order valence-corrected chi connectivity index (χ1v) is 13.9. The third kappa shape index (κ3) is 2.75. The molecule has 0 amide bonds. The molecular formula is C30H48O3. The SMILES string of the molecule is C[C@@H]1[C@@H](C)CC[C@@]2(C(=O)O)CC[C@]3(C)C(=CC[C@@H]4[C@@]5(C)CC[C@@H](O)C(C)(C)[C@@H]5CC[C@]43C)[C@@H]12. The maximum Gasteiger partial charge on any atom is 0.310 e. The first kappa shape index (κ1) is 23.9. The van der Waals surface area contributed by atoms with Crippen LogP contribution in [0.5, 0.6) is 0 Å². The van der Waals surface area contributed by atoms with Gasteiger partial charge in [-0.2, -0.15) is 0 Å². The minimum Gasteiger partial charge on any atom is -0.481 e. The summed E-state index contributed by atoms with van der Waals surface area (Å²) in [6.07, 6.45) is 11.6. The van der Waals surface area contributed by atoms with Gasteiger partial charge in [-0.15, -0.1) is 0 Å². The second-order valence-electron chi connectivity index (χ2n) is 14.5. The maximum absolute atomic E-state index is 12.8. The standard InChI is InChI=1S/C30H48O3/c1-18-10-15-30(25(32)33)17-16-28(6)20(24(30)19(18)2)8-9-22-27(5)13-12-23(31)26(3,4)21(27)11-14-29(22,28)7/h8,18-19,21-24,31H,9-17H2,1-7H3,(H,32,33)/t18-,19+,21-,22+,23+,24+,27-,28+,29+,30+/m0/s1. The highest BCUT2D eigenvalue weighted by Gasteiger charge is 2.69. The zero-order chi connectivity index (χ0) is 24.2. The van der Waals surface area contributed by atoms with Crippen LogP contribution in [0.2, 0.25) is 0 Å². The van der Waals surface area contributed by atoms with Crippen LogP contribution in [0.15, 0.2) is 11.6 Å². The smallest absolute Gasteiger partial charge is 0.310 e. The predicted octanol–water partition coefficient (Wildman–Crippen LogP) is 7.09. The first-order valence-electron chi connectivity index (χ1n) is 13.9. The fourth-order valence-corrected chi connectivity index (χ4v) is 10.8. The summed E-state index contributed by atoms with van der Waals surface area (Å²) in [5.74, 6) is 1.82. The van der Waals surface area contributed by atoms with Gasteiger partial charge in [0.25, 0.3) is 0 Å². The van der Waals surface area contributed by atoms with Gasteiger partial charge >= 0.3 is 5.97 Å². The van der Waals surface area contributed by atoms with E-state index in [1.807, 2.05) is 0 Å². The number of aliphatic hydroxyl groups excluding tert-OH is 1. The zero-order valence-corrected chi connectivity index (χ0v) is 22.2. The molecule has 2 N–H and O–H groups in total. The van der Waals surface area contributed by atoms with Crippen LogP contribution in [0.3, 0.4) is 0 Å². The van der Waals surface area contributed by atoms with E-state index in [1.54, 1.807) is 0 Å². The van der Waals surface area contributed by atoms with Crippen molar-refractivity contribution in [3.8, 4) is 0 Å². The molecule has 5 aliphatic carbocycles. The van der Waals surface area contributed by atoms with Crippen molar-refractivity contribution in [2.24, 2.45) is 56.7 Å². The normalized spacial score (nSPS) is 55.3. The van der Waals surface area contributed by atoms with Gasteiger partial charge in [0.05, 0.1) is 11.5 Å². The number of carboxylic acid groups (broad SMARTS) is 1. The molecule has 3 nitrogen and oxygen atoms in total. The molecule has 10 atom stereocenters. The summed E-state index contributed by atoms with van der Waals surface area (Å²) in [6.45, 7) is 17.0. The Morgan fingerprint density at radius 3 is 2.27 bits per heavy atom. The number of hydrogen-bond donors (Lipinski definition) is 2. The van der Waals surface area contributed by atoms with Gasteiger partial charge in [0.15, 0.2) is 0 Å². The predicted molar refractivity (Wildman–Crippen MR) is 133 cm³/mol. The van der Waals surface area contributed by atoms with Gasteiger partial charge in [-0.25, -0.2) is 0 Å². The maximum atomic E-state index is 12.8. The highest BCUT2D eigenvalue weighted by molar-refractivity contribution is 5.76. The Labute approximate surface area is 201 Å². The average Bonchev–Trinajstić information content (AvgIpc) is 2.74. The second kappa shape index (κ2) is 7.11. The first-order chi connectivity index (χ1) is 15.3. The van der Waals surface area contributed by atoms with Crippen LogP contribution in [0, 0.1) is 56.7 Å². The summed E-state index contributed by atoms with van der Waals surface area (Å²) in [7, 11) is 0. The molecule has 0 saturated heterocycles. The van der Waals surface area contributed by atoms with E-state index in [-0.39, 0.29) is 33.7 Å². The Kier molecular flexibility index (Phi) is 5.15. The summed E-state index contributed by atoms with van der Waals surface area (Å²) in [5, 5.41) is 21.4. The van der Waals surface area contributed by atoms with Gasteiger partial charge in [0.2, 0.25) is 0 Å². The van der Waals surface area contributed by atoms with Gasteiger partial charge in [-0.3, -0.25) is 4.79 Å². The number of carboxylic acids is 1. The van der Waals surface area contributed by atoms with Crippen LogP contribution in [0.1, 0.15) is 106 Å². The Balaban J connectivity index is 1.61. The van der Waals surface area contributed by atoms with E-state index in [0.717, 1.165) is 44.9 Å². The lowest BCUT2D eigenvalue weighted by Crippen LogP contribution is -2.65. The van der Waals surface area contributed by atoms with Crippen LogP contribution >= 0.6 is 0 Å². The average molecular weight is 457 g/mol. The fourth-order valence-electron chi connectivity index (χ4n) is 10.8. The monoisotopic (exact) mass is 456 g/mol. The van der Waals surface area contributed by atoms with E-state index in [9.17, 15) is 15.0 Å². The highest BCUT2D eigenvalue weighted by atomic mass is 16.4. The van der Waals surface area contributed by atoms with Crippen molar-refractivity contribution in [2.45, 2.75) is 112 Å². The molecule has 0 unspecified atom stereocenters. The molecule has 0 aliphatic heterocycles. The molecule has 3 heteroatoms. The highest BCUT2D eigenvalue weighted by Crippen LogP contribution is 2.75. The van der Waals surface area contributed by atoms with Crippen molar-refractivity contribution in [2.75, 3.05) is 0 Å². The lowest BCUT2D eigenvalue weighted by Gasteiger charge is -2.71. The Morgan fingerprint density at radius 2 is 1.61 bits per heavy atom. The Morgan fingerprint density at radius 1 is 0.909 bits per heavy atom. The minimum atomic E-state index is -0.557. The van der Waals surface area contributed by atoms with E-state index < -0.39 is 11.4 Å². The van der Waals surface area contributed by atoms with E-state index in [0.29, 0.717) is 23.7 Å². The largest absolute Gasteiger partial charge is 0.481 e. The molecule has 0 aromatic heterocycles. The quantitative estimate of drug-likeness (QED) is 0.414. The number of rotatable bonds is 1. The van der Waals surface area contributed by atoms with Crippen molar-refractivity contribution < 1.29 is 15.0 Å². The topological polar surface area (TPSA) is 57.5 Å². The third-order valence-corrected chi connectivity index (χ3v) is 13.4. The molecule has 0 radical (unpaired) electrons. The van der Waals surface area contributed by atoms with Gasteiger partial charge < -0.3 is 10.2 Å². The van der Waals surface area contributed by atoms with Crippen LogP contribution < -0.4 is 0 Å². The molecule has 0 aromatic carbocycles. The lowest BCUT2D eigenvalue weighted by atomic mass is 9.33. The molecule has 0 bridgehead atoms. The van der Waals surface area contributed by atoms with Crippen LogP contribution in [0.25, 0.3) is 0 Å². The summed E-state index contributed by atoms with van der Waals surface area (Å²) in [5.41, 5.74) is 1.46. The van der Waals surface area contributed by atoms with Crippen LogP contribution in [0.4, 0.5) is 0 Å². The van der Waals surface area contributed by atoms with Crippen molar-refractivity contribution >= 4 is 5.97 Å². The van der Waals surface area contributed by atoms with Crippen LogP contribution in [-0.4, -0.2) is 22.3 Å².